The molecule has 8 rings (SSSR count). The van der Waals surface area contributed by atoms with Gasteiger partial charge in [-0.05, 0) is 68.5 Å². The molecule has 3 fully saturated rings. The molecule has 0 saturated carbocycles. The number of carbonyl (C=O) groups is 1. The van der Waals surface area contributed by atoms with Gasteiger partial charge in [-0.1, -0.05) is 18.6 Å². The number of anilines is 3. The van der Waals surface area contributed by atoms with Crippen LogP contribution in [0.25, 0.3) is 10.8 Å². The van der Waals surface area contributed by atoms with Crippen LogP contribution < -0.4 is 28.9 Å². The average molecular weight is 796 g/mol. The normalized spacial score (nSPS) is 24.2. The van der Waals surface area contributed by atoms with Crippen LogP contribution in [0.4, 0.5) is 26.1 Å². The van der Waals surface area contributed by atoms with Gasteiger partial charge in [0.2, 0.25) is 11.7 Å². The van der Waals surface area contributed by atoms with Gasteiger partial charge in [-0.3, -0.25) is 4.79 Å². The molecule has 2 aromatic heterocycles. The summed E-state index contributed by atoms with van der Waals surface area (Å²) in [6.07, 6.45) is 8.72. The van der Waals surface area contributed by atoms with Gasteiger partial charge in [-0.25, -0.2) is 13.8 Å². The maximum Gasteiger partial charge on any atom is 0.322 e. The van der Waals surface area contributed by atoms with E-state index < -0.39 is 23.6 Å². The molecule has 0 spiro atoms. The summed E-state index contributed by atoms with van der Waals surface area (Å²) in [5, 5.41) is 11.6. The van der Waals surface area contributed by atoms with Crippen LogP contribution >= 0.6 is 0 Å². The first-order valence-electron chi connectivity index (χ1n) is 19.6. The number of ether oxygens (including phenoxy) is 4. The summed E-state index contributed by atoms with van der Waals surface area (Å²) in [6, 6.07) is 9.73. The van der Waals surface area contributed by atoms with Crippen LogP contribution in [0.2, 0.25) is 0 Å². The Balaban J connectivity index is 1.11. The molecule has 4 aliphatic heterocycles. The van der Waals surface area contributed by atoms with Gasteiger partial charge < -0.3 is 43.7 Å². The van der Waals surface area contributed by atoms with Gasteiger partial charge in [0, 0.05) is 50.1 Å². The van der Waals surface area contributed by atoms with E-state index >= 15 is 4.39 Å². The van der Waals surface area contributed by atoms with Crippen LogP contribution in [0, 0.1) is 18.2 Å². The first-order chi connectivity index (χ1) is 28.0. The molecule has 58 heavy (non-hydrogen) atoms. The van der Waals surface area contributed by atoms with Crippen molar-refractivity contribution in [2.75, 3.05) is 74.4 Å². The number of morpholine rings is 1. The van der Waals surface area contributed by atoms with E-state index in [1.165, 1.54) is 24.3 Å². The van der Waals surface area contributed by atoms with Crippen LogP contribution in [0.3, 0.4) is 0 Å². The highest BCUT2D eigenvalue weighted by Gasteiger charge is 2.44. The van der Waals surface area contributed by atoms with Gasteiger partial charge in [0.1, 0.15) is 36.8 Å². The van der Waals surface area contributed by atoms with Gasteiger partial charge in [0.25, 0.3) is 5.88 Å². The molecule has 4 aromatic rings. The lowest BCUT2D eigenvalue weighted by molar-refractivity contribution is -0.126. The van der Waals surface area contributed by atoms with Crippen molar-refractivity contribution in [3.8, 4) is 35.7 Å². The summed E-state index contributed by atoms with van der Waals surface area (Å²) in [6.45, 7) is 10.9. The van der Waals surface area contributed by atoms with Crippen molar-refractivity contribution in [2.45, 2.75) is 63.0 Å². The number of phenols is 1. The van der Waals surface area contributed by atoms with Crippen molar-refractivity contribution < 1.29 is 37.6 Å². The monoisotopic (exact) mass is 795 g/mol. The first kappa shape index (κ1) is 39.0. The quantitative estimate of drug-likeness (QED) is 0.159. The van der Waals surface area contributed by atoms with E-state index in [1.54, 1.807) is 17.2 Å². The Hall–Kier alpha value is -5.88. The minimum absolute atomic E-state index is 0.0220. The van der Waals surface area contributed by atoms with E-state index in [2.05, 4.69) is 29.3 Å². The van der Waals surface area contributed by atoms with Crippen molar-refractivity contribution in [1.29, 1.82) is 0 Å². The van der Waals surface area contributed by atoms with Crippen LogP contribution in [0.5, 0.6) is 23.4 Å². The van der Waals surface area contributed by atoms with Crippen molar-refractivity contribution in [1.82, 2.24) is 19.9 Å². The topological polar surface area (TPSA) is 126 Å². The molecule has 0 radical (unpaired) electrons. The number of aromatic nitrogens is 3. The minimum Gasteiger partial charge on any atom is -0.508 e. The number of hydrogen-bond acceptors (Lipinski definition) is 12. The van der Waals surface area contributed by atoms with E-state index in [0.29, 0.717) is 48.5 Å². The van der Waals surface area contributed by atoms with Gasteiger partial charge in [0.15, 0.2) is 11.9 Å². The van der Waals surface area contributed by atoms with Crippen LogP contribution in [0.15, 0.2) is 55.3 Å². The lowest BCUT2D eigenvalue weighted by atomic mass is 9.95. The molecule has 6 heterocycles. The first-order valence-corrected chi connectivity index (χ1v) is 19.6. The number of nitrogens with zero attached hydrogens (tertiary/aromatic N) is 7. The smallest absolute Gasteiger partial charge is 0.322 e. The molecule has 5 atom stereocenters. The summed E-state index contributed by atoms with van der Waals surface area (Å²) in [5.74, 6) is 3.15. The second kappa shape index (κ2) is 15.8. The fourth-order valence-corrected chi connectivity index (χ4v) is 8.72. The van der Waals surface area contributed by atoms with E-state index in [4.69, 9.17) is 35.3 Å². The molecule has 2 aromatic carbocycles. The molecule has 1 unspecified atom stereocenters. The molecule has 4 aliphatic rings. The Bertz CT molecular complexity index is 2260. The Labute approximate surface area is 336 Å². The molecule has 1 amide bonds. The Morgan fingerprint density at radius 1 is 1.22 bits per heavy atom. The Morgan fingerprint density at radius 3 is 2.83 bits per heavy atom. The number of phenolic OH excluding ortho intramolecular Hbond substituents is 1. The zero-order valence-corrected chi connectivity index (χ0v) is 32.9. The lowest BCUT2D eigenvalue weighted by Crippen LogP contribution is -2.46. The second-order valence-corrected chi connectivity index (χ2v) is 15.7. The van der Waals surface area contributed by atoms with E-state index in [1.807, 2.05) is 35.9 Å². The van der Waals surface area contributed by atoms with E-state index in [0.717, 1.165) is 30.9 Å². The van der Waals surface area contributed by atoms with Gasteiger partial charge in [-0.15, -0.1) is 6.42 Å². The number of hydrogen-bond donors (Lipinski definition) is 1. The average Bonchev–Trinajstić information content (AvgIpc) is 3.81. The number of benzene rings is 2. The standard InChI is InChI=1S/C43H47F2N7O6/c1-6-32-34(45)12-10-27-17-31(53)18-33(38(27)32)35-24-56-39-40(49(5)22-30-9-8-14-51(30)37(54)7-2)47-42(48-41(39)58-35)57-25-43(4)19-28(44)21-52(43)29-11-13-36(46-20-29)50-15-16-55-23-26(50)3/h1,7,10-13,17-18,20,26,28,30,35,53H,2,8-9,14-16,19,21-25H2,3-5H3/t26-,28-,30+,35?,43+/m1/s1. The molecule has 0 bridgehead atoms. The van der Waals surface area contributed by atoms with Crippen molar-refractivity contribution in [3.05, 3.63) is 72.2 Å². The fourth-order valence-electron chi connectivity index (χ4n) is 8.72. The maximum atomic E-state index is 15.3. The SMILES string of the molecule is C#Cc1c(F)ccc2cc(O)cc(C3COc4c(nc(OC[C@]5(C)C[C@@H](F)CN5c5ccc(N6CCOC[C@H]6C)nc5)nc4N(C)C[C@@H]4CCCN4C(=O)C=C)O3)c12. The number of carbonyl (C=O) groups excluding carboxylic acids is 1. The predicted molar refractivity (Wildman–Crippen MR) is 215 cm³/mol. The van der Waals surface area contributed by atoms with Gasteiger partial charge in [-0.2, -0.15) is 9.97 Å². The number of alkyl halides is 1. The van der Waals surface area contributed by atoms with Crippen molar-refractivity contribution in [3.63, 3.8) is 0 Å². The summed E-state index contributed by atoms with van der Waals surface area (Å²) >= 11 is 0. The number of aromatic hydroxyl groups is 1. The number of likely N-dealkylation sites (tertiary alicyclic amines) is 1. The molecular formula is C43H47F2N7O6. The number of likely N-dealkylation sites (N-methyl/N-ethyl adjacent to an activating group) is 1. The molecule has 13 nitrogen and oxygen atoms in total. The van der Waals surface area contributed by atoms with Gasteiger partial charge >= 0.3 is 6.01 Å². The van der Waals surface area contributed by atoms with Gasteiger partial charge in [0.05, 0.1) is 48.8 Å². The molecular weight excluding hydrogens is 749 g/mol. The highest BCUT2D eigenvalue weighted by molar-refractivity contribution is 5.93. The number of terminal acetylenes is 1. The maximum absolute atomic E-state index is 15.3. The summed E-state index contributed by atoms with van der Waals surface area (Å²) in [4.78, 5) is 34.7. The van der Waals surface area contributed by atoms with Crippen LogP contribution in [-0.4, -0.2) is 114 Å². The fraction of sp³-hybridized carbons (Fsp3) is 0.442. The number of fused-ring (bicyclic) bond motifs is 2. The minimum atomic E-state index is -1.11. The lowest BCUT2D eigenvalue weighted by Gasteiger charge is -2.37. The third kappa shape index (κ3) is 7.37. The number of rotatable bonds is 10. The third-order valence-electron chi connectivity index (χ3n) is 11.6. The van der Waals surface area contributed by atoms with Crippen molar-refractivity contribution in [2.24, 2.45) is 0 Å². The Morgan fingerprint density at radius 2 is 2.07 bits per heavy atom. The van der Waals surface area contributed by atoms with Crippen LogP contribution in [0.1, 0.15) is 50.3 Å². The summed E-state index contributed by atoms with van der Waals surface area (Å²) < 4.78 is 55.2. The predicted octanol–water partition coefficient (Wildman–Crippen LogP) is 5.59. The number of pyridine rings is 1. The second-order valence-electron chi connectivity index (χ2n) is 15.7. The molecule has 304 valence electrons. The molecule has 0 aliphatic carbocycles. The summed E-state index contributed by atoms with van der Waals surface area (Å²) in [5.41, 5.74) is 0.411. The third-order valence-corrected chi connectivity index (χ3v) is 11.6. The molecule has 1 N–H and O–H groups in total. The highest BCUT2D eigenvalue weighted by Crippen LogP contribution is 2.45. The number of amides is 1. The van der Waals surface area contributed by atoms with Crippen LogP contribution in [-0.2, 0) is 9.53 Å². The molecule has 3 saturated heterocycles. The largest absolute Gasteiger partial charge is 0.508 e. The van der Waals surface area contributed by atoms with Crippen molar-refractivity contribution >= 4 is 34.0 Å². The zero-order chi connectivity index (χ0) is 40.7. The molecule has 15 heteroatoms. The van der Waals surface area contributed by atoms with E-state index in [9.17, 15) is 14.3 Å². The Kier molecular flexibility index (Phi) is 10.6. The highest BCUT2D eigenvalue weighted by atomic mass is 19.1. The zero-order valence-electron chi connectivity index (χ0n) is 32.9. The number of halogens is 2. The van der Waals surface area contributed by atoms with E-state index in [-0.39, 0.29) is 73.1 Å². The summed E-state index contributed by atoms with van der Waals surface area (Å²) in [7, 11) is 1.84.